The summed E-state index contributed by atoms with van der Waals surface area (Å²) in [7, 11) is 0. The van der Waals surface area contributed by atoms with Crippen molar-refractivity contribution in [3.05, 3.63) is 60.2 Å². The van der Waals surface area contributed by atoms with Crippen LogP contribution in [0.25, 0.3) is 0 Å². The Morgan fingerprint density at radius 3 is 2.18 bits per heavy atom. The number of ether oxygens (including phenoxy) is 1. The van der Waals surface area contributed by atoms with Crippen molar-refractivity contribution in [2.24, 2.45) is 0 Å². The molecule has 0 N–H and O–H groups in total. The lowest BCUT2D eigenvalue weighted by atomic mass is 10.1. The van der Waals surface area contributed by atoms with Gasteiger partial charge in [0, 0.05) is 38.4 Å². The normalized spacial score (nSPS) is 23.4. The Kier molecular flexibility index (Phi) is 7.83. The minimum absolute atomic E-state index is 0.00980. The van der Waals surface area contributed by atoms with Crippen LogP contribution in [-0.4, -0.2) is 71.1 Å². The smallest absolute Gasteiger partial charge is 0.410 e. The molecule has 2 saturated heterocycles. The van der Waals surface area contributed by atoms with Crippen molar-refractivity contribution < 1.29 is 14.1 Å². The molecular formula is C26H35N3O3S. The van der Waals surface area contributed by atoms with Crippen LogP contribution in [0.5, 0.6) is 0 Å². The number of amides is 1. The Morgan fingerprint density at radius 2 is 1.61 bits per heavy atom. The summed E-state index contributed by atoms with van der Waals surface area (Å²) in [5.41, 5.74) is 2.42. The van der Waals surface area contributed by atoms with E-state index in [9.17, 15) is 9.35 Å². The molecule has 178 valence electrons. The average Bonchev–Trinajstić information content (AvgIpc) is 2.80. The summed E-state index contributed by atoms with van der Waals surface area (Å²) < 4.78 is 17.6. The van der Waals surface area contributed by atoms with Gasteiger partial charge in [-0.15, -0.1) is 0 Å². The molecule has 0 spiro atoms. The number of carbonyl (C=O) groups excluding carboxylic acids is 1. The molecule has 0 bridgehead atoms. The molecule has 1 amide bonds. The zero-order valence-electron chi connectivity index (χ0n) is 19.9. The van der Waals surface area contributed by atoms with Gasteiger partial charge in [0.1, 0.15) is 12.4 Å². The number of rotatable bonds is 5. The Balaban J connectivity index is 1.27. The summed E-state index contributed by atoms with van der Waals surface area (Å²) >= 11 is -0.976. The SMILES string of the molecule is C[C@@H]1CN(c2ccc([S+](C)[O-])cc2)C[C@H](C)N1C(=O)OC1CCN(Cc2ccccc2)CC1. The first-order chi connectivity index (χ1) is 15.9. The van der Waals surface area contributed by atoms with Gasteiger partial charge in [-0.3, -0.25) is 9.80 Å². The van der Waals surface area contributed by atoms with Crippen LogP contribution in [0, 0.1) is 0 Å². The van der Waals surface area contributed by atoms with E-state index in [1.54, 1.807) is 6.26 Å². The molecule has 0 saturated carbocycles. The van der Waals surface area contributed by atoms with E-state index in [4.69, 9.17) is 4.74 Å². The second-order valence-electron chi connectivity index (χ2n) is 9.30. The molecule has 0 aliphatic carbocycles. The zero-order chi connectivity index (χ0) is 23.4. The van der Waals surface area contributed by atoms with Crippen molar-refractivity contribution in [1.82, 2.24) is 9.80 Å². The van der Waals surface area contributed by atoms with E-state index < -0.39 is 11.2 Å². The second kappa shape index (κ2) is 10.8. The highest BCUT2D eigenvalue weighted by atomic mass is 32.2. The lowest BCUT2D eigenvalue weighted by Gasteiger charge is -2.45. The highest BCUT2D eigenvalue weighted by Gasteiger charge is 2.35. The number of piperazine rings is 1. The molecule has 7 heteroatoms. The third-order valence-electron chi connectivity index (χ3n) is 6.71. The molecular weight excluding hydrogens is 434 g/mol. The average molecular weight is 470 g/mol. The quantitative estimate of drug-likeness (QED) is 0.617. The van der Waals surface area contributed by atoms with Gasteiger partial charge in [-0.25, -0.2) is 4.79 Å². The van der Waals surface area contributed by atoms with E-state index >= 15 is 0 Å². The summed E-state index contributed by atoms with van der Waals surface area (Å²) in [5, 5.41) is 0. The fourth-order valence-corrected chi connectivity index (χ4v) is 5.49. The minimum atomic E-state index is -0.976. The van der Waals surface area contributed by atoms with Crippen LogP contribution in [0.3, 0.4) is 0 Å². The van der Waals surface area contributed by atoms with Gasteiger partial charge in [0.25, 0.3) is 0 Å². The minimum Gasteiger partial charge on any atom is -0.612 e. The van der Waals surface area contributed by atoms with Gasteiger partial charge in [0.05, 0.1) is 12.1 Å². The van der Waals surface area contributed by atoms with Gasteiger partial charge in [-0.1, -0.05) is 30.3 Å². The van der Waals surface area contributed by atoms with Crippen molar-refractivity contribution in [1.29, 1.82) is 0 Å². The number of piperidine rings is 1. The highest BCUT2D eigenvalue weighted by molar-refractivity contribution is 7.90. The fraction of sp³-hybridized carbons (Fsp3) is 0.500. The second-order valence-corrected chi connectivity index (χ2v) is 10.7. The molecule has 2 aliphatic rings. The van der Waals surface area contributed by atoms with Crippen molar-refractivity contribution in [3.8, 4) is 0 Å². The lowest BCUT2D eigenvalue weighted by molar-refractivity contribution is 0.0101. The number of anilines is 1. The maximum absolute atomic E-state index is 13.1. The van der Waals surface area contributed by atoms with E-state index in [1.165, 1.54) is 5.56 Å². The fourth-order valence-electron chi connectivity index (χ4n) is 4.97. The first-order valence-electron chi connectivity index (χ1n) is 11.8. The summed E-state index contributed by atoms with van der Waals surface area (Å²) in [6, 6.07) is 18.5. The van der Waals surface area contributed by atoms with Gasteiger partial charge < -0.3 is 14.2 Å². The molecule has 2 heterocycles. The summed E-state index contributed by atoms with van der Waals surface area (Å²) in [6.07, 6.45) is 3.26. The summed E-state index contributed by atoms with van der Waals surface area (Å²) in [5.74, 6) is 0. The van der Waals surface area contributed by atoms with Crippen LogP contribution in [0.2, 0.25) is 0 Å². The van der Waals surface area contributed by atoms with E-state index in [0.717, 1.165) is 56.1 Å². The van der Waals surface area contributed by atoms with Crippen molar-refractivity contribution >= 4 is 23.0 Å². The van der Waals surface area contributed by atoms with Crippen molar-refractivity contribution in [2.45, 2.75) is 56.3 Å². The lowest BCUT2D eigenvalue weighted by Crippen LogP contribution is -2.59. The van der Waals surface area contributed by atoms with Crippen LogP contribution in [-0.2, 0) is 22.5 Å². The Bertz CT molecular complexity index is 889. The number of benzene rings is 2. The molecule has 1 unspecified atom stereocenters. The van der Waals surface area contributed by atoms with Gasteiger partial charge in [-0.05, 0) is 67.7 Å². The molecule has 2 aromatic rings. The molecule has 2 fully saturated rings. The Labute approximate surface area is 200 Å². The number of carbonyl (C=O) groups is 1. The van der Waals surface area contributed by atoms with Crippen LogP contribution >= 0.6 is 0 Å². The largest absolute Gasteiger partial charge is 0.612 e. The first kappa shape index (κ1) is 23.9. The predicted molar refractivity (Wildman–Crippen MR) is 133 cm³/mol. The third kappa shape index (κ3) is 6.02. The van der Waals surface area contributed by atoms with Gasteiger partial charge in [-0.2, -0.15) is 0 Å². The first-order valence-corrected chi connectivity index (χ1v) is 13.4. The molecule has 2 aliphatic heterocycles. The molecule has 4 rings (SSSR count). The molecule has 6 nitrogen and oxygen atoms in total. The Morgan fingerprint density at radius 1 is 1.00 bits per heavy atom. The van der Waals surface area contributed by atoms with Crippen molar-refractivity contribution in [3.63, 3.8) is 0 Å². The topological polar surface area (TPSA) is 59.1 Å². The highest BCUT2D eigenvalue weighted by Crippen LogP contribution is 2.26. The third-order valence-corrected chi connectivity index (χ3v) is 7.65. The Hall–Kier alpha value is -2.22. The molecule has 0 aromatic heterocycles. The number of nitrogens with zero attached hydrogens (tertiary/aromatic N) is 3. The maximum Gasteiger partial charge on any atom is 0.410 e. The monoisotopic (exact) mass is 469 g/mol. The van der Waals surface area contributed by atoms with Crippen molar-refractivity contribution in [2.75, 3.05) is 37.3 Å². The van der Waals surface area contributed by atoms with Gasteiger partial charge in [0.15, 0.2) is 4.90 Å². The van der Waals surface area contributed by atoms with Crippen LogP contribution in [0.1, 0.15) is 32.3 Å². The van der Waals surface area contributed by atoms with Crippen LogP contribution < -0.4 is 4.90 Å². The van der Waals surface area contributed by atoms with E-state index in [-0.39, 0.29) is 24.3 Å². The summed E-state index contributed by atoms with van der Waals surface area (Å²) in [4.78, 5) is 20.5. The van der Waals surface area contributed by atoms with Crippen LogP contribution in [0.15, 0.2) is 59.5 Å². The standard InChI is InChI=1S/C26H35N3O3S/c1-20-17-28(23-9-11-25(12-10-23)33(3)31)18-21(2)29(20)26(30)32-24-13-15-27(16-14-24)19-22-7-5-4-6-8-22/h4-12,20-21,24H,13-19H2,1-3H3/t20-,21+,33?. The molecule has 2 aromatic carbocycles. The number of hydrogen-bond acceptors (Lipinski definition) is 5. The van der Waals surface area contributed by atoms with Gasteiger partial charge in [0.2, 0.25) is 0 Å². The van der Waals surface area contributed by atoms with E-state index in [1.807, 2.05) is 35.2 Å². The molecule has 0 radical (unpaired) electrons. The maximum atomic E-state index is 13.1. The number of hydrogen-bond donors (Lipinski definition) is 0. The molecule has 33 heavy (non-hydrogen) atoms. The summed E-state index contributed by atoms with van der Waals surface area (Å²) in [6.45, 7) is 8.53. The van der Waals surface area contributed by atoms with E-state index in [0.29, 0.717) is 0 Å². The van der Waals surface area contributed by atoms with Crippen LogP contribution in [0.4, 0.5) is 10.5 Å². The van der Waals surface area contributed by atoms with Gasteiger partial charge >= 0.3 is 6.09 Å². The zero-order valence-corrected chi connectivity index (χ0v) is 20.7. The van der Waals surface area contributed by atoms with E-state index in [2.05, 4.69) is 47.9 Å². The predicted octanol–water partition coefficient (Wildman–Crippen LogP) is 4.12. The molecule has 3 atom stereocenters. The number of likely N-dealkylation sites (tertiary alicyclic amines) is 1.